The van der Waals surface area contributed by atoms with Crippen LogP contribution in [0.2, 0.25) is 0 Å². The van der Waals surface area contributed by atoms with Crippen molar-refractivity contribution < 1.29 is 4.79 Å². The minimum absolute atomic E-state index is 0.0738. The summed E-state index contributed by atoms with van der Waals surface area (Å²) in [6.45, 7) is 8.68. The standard InChI is InChI=1S/C9H19NO/c1-8(2,6-10)5-9(3,4)7-11/h7H,5-6,10H2,1-4H3. The first-order valence-corrected chi connectivity index (χ1v) is 3.99. The molecule has 0 atom stereocenters. The highest BCUT2D eigenvalue weighted by Gasteiger charge is 2.26. The lowest BCUT2D eigenvalue weighted by Crippen LogP contribution is -2.30. The van der Waals surface area contributed by atoms with Crippen LogP contribution < -0.4 is 5.73 Å². The average molecular weight is 157 g/mol. The van der Waals surface area contributed by atoms with Gasteiger partial charge in [-0.25, -0.2) is 0 Å². The molecule has 0 aliphatic rings. The topological polar surface area (TPSA) is 43.1 Å². The highest BCUT2D eigenvalue weighted by Crippen LogP contribution is 2.30. The molecule has 0 fully saturated rings. The number of carbonyl (C=O) groups is 1. The summed E-state index contributed by atoms with van der Waals surface area (Å²) >= 11 is 0. The number of rotatable bonds is 4. The molecule has 0 aromatic heterocycles. The van der Waals surface area contributed by atoms with Gasteiger partial charge >= 0.3 is 0 Å². The average Bonchev–Trinajstić information content (AvgIpc) is 1.86. The number of hydrogen-bond donors (Lipinski definition) is 1. The molecule has 0 saturated carbocycles. The fraction of sp³-hybridized carbons (Fsp3) is 0.889. The monoisotopic (exact) mass is 157 g/mol. The third kappa shape index (κ3) is 4.14. The van der Waals surface area contributed by atoms with Gasteiger partial charge in [-0.2, -0.15) is 0 Å². The SMILES string of the molecule is CC(C)(C=O)CC(C)(C)CN. The van der Waals surface area contributed by atoms with Gasteiger partial charge in [0, 0.05) is 5.41 Å². The molecule has 0 amide bonds. The van der Waals surface area contributed by atoms with Gasteiger partial charge in [0.15, 0.2) is 0 Å². The molecule has 0 aromatic carbocycles. The first-order chi connectivity index (χ1) is 4.83. The van der Waals surface area contributed by atoms with E-state index in [1.807, 2.05) is 13.8 Å². The number of carbonyl (C=O) groups excluding carboxylic acids is 1. The first kappa shape index (κ1) is 10.6. The van der Waals surface area contributed by atoms with Crippen LogP contribution >= 0.6 is 0 Å². The number of hydrogen-bond acceptors (Lipinski definition) is 2. The fourth-order valence-corrected chi connectivity index (χ4v) is 1.35. The summed E-state index contributed by atoms with van der Waals surface area (Å²) in [5.41, 5.74) is 5.39. The molecule has 0 radical (unpaired) electrons. The van der Waals surface area contributed by atoms with Crippen molar-refractivity contribution in [1.82, 2.24) is 0 Å². The molecule has 66 valence electrons. The Morgan fingerprint density at radius 2 is 1.73 bits per heavy atom. The smallest absolute Gasteiger partial charge is 0.125 e. The second-order valence-electron chi connectivity index (χ2n) is 4.65. The van der Waals surface area contributed by atoms with Crippen molar-refractivity contribution in [3.05, 3.63) is 0 Å². The summed E-state index contributed by atoms with van der Waals surface area (Å²) in [7, 11) is 0. The minimum Gasteiger partial charge on any atom is -0.330 e. The van der Waals surface area contributed by atoms with Crippen LogP contribution in [0.25, 0.3) is 0 Å². The summed E-state index contributed by atoms with van der Waals surface area (Å²) in [4.78, 5) is 10.6. The Balaban J connectivity index is 4.12. The molecule has 0 aliphatic heterocycles. The van der Waals surface area contributed by atoms with E-state index >= 15 is 0 Å². The summed E-state index contributed by atoms with van der Waals surface area (Å²) in [5, 5.41) is 0. The summed E-state index contributed by atoms with van der Waals surface area (Å²) in [5.74, 6) is 0. The second-order valence-corrected chi connectivity index (χ2v) is 4.65. The highest BCUT2D eigenvalue weighted by atomic mass is 16.1. The molecule has 2 nitrogen and oxygen atoms in total. The Labute approximate surface area is 69.2 Å². The maximum atomic E-state index is 10.6. The van der Waals surface area contributed by atoms with Crippen molar-refractivity contribution in [2.24, 2.45) is 16.6 Å². The molecular weight excluding hydrogens is 138 g/mol. The molecule has 2 N–H and O–H groups in total. The Hall–Kier alpha value is -0.370. The van der Waals surface area contributed by atoms with E-state index in [-0.39, 0.29) is 10.8 Å². The molecule has 0 unspecified atom stereocenters. The zero-order valence-corrected chi connectivity index (χ0v) is 7.98. The van der Waals surface area contributed by atoms with E-state index in [1.54, 1.807) is 0 Å². The summed E-state index contributed by atoms with van der Waals surface area (Å²) < 4.78 is 0. The van der Waals surface area contributed by atoms with Crippen LogP contribution in [0.4, 0.5) is 0 Å². The fourth-order valence-electron chi connectivity index (χ4n) is 1.35. The molecule has 11 heavy (non-hydrogen) atoms. The van der Waals surface area contributed by atoms with E-state index in [0.29, 0.717) is 6.54 Å². The Kier molecular flexibility index (Phi) is 3.24. The molecule has 0 saturated heterocycles. The van der Waals surface area contributed by atoms with Crippen LogP contribution in [-0.4, -0.2) is 12.8 Å². The van der Waals surface area contributed by atoms with Gasteiger partial charge in [0.25, 0.3) is 0 Å². The van der Waals surface area contributed by atoms with E-state index in [2.05, 4.69) is 13.8 Å². The van der Waals surface area contributed by atoms with Gasteiger partial charge < -0.3 is 10.5 Å². The van der Waals surface area contributed by atoms with Crippen molar-refractivity contribution in [2.75, 3.05) is 6.54 Å². The van der Waals surface area contributed by atoms with Crippen LogP contribution in [0.5, 0.6) is 0 Å². The Morgan fingerprint density at radius 1 is 1.27 bits per heavy atom. The molecule has 0 bridgehead atoms. The maximum absolute atomic E-state index is 10.6. The zero-order chi connectivity index (χ0) is 9.12. The van der Waals surface area contributed by atoms with Gasteiger partial charge in [0.1, 0.15) is 6.29 Å². The van der Waals surface area contributed by atoms with E-state index in [0.717, 1.165) is 12.7 Å². The lowest BCUT2D eigenvalue weighted by molar-refractivity contribution is -0.116. The van der Waals surface area contributed by atoms with Gasteiger partial charge in [0.2, 0.25) is 0 Å². The predicted octanol–water partition coefficient (Wildman–Crippen LogP) is 1.59. The van der Waals surface area contributed by atoms with E-state index in [9.17, 15) is 4.79 Å². The Morgan fingerprint density at radius 3 is 2.00 bits per heavy atom. The predicted molar refractivity (Wildman–Crippen MR) is 47.3 cm³/mol. The highest BCUT2D eigenvalue weighted by molar-refractivity contribution is 5.57. The van der Waals surface area contributed by atoms with Crippen molar-refractivity contribution in [1.29, 1.82) is 0 Å². The molecule has 0 aliphatic carbocycles. The van der Waals surface area contributed by atoms with Gasteiger partial charge in [-0.05, 0) is 18.4 Å². The van der Waals surface area contributed by atoms with Crippen LogP contribution in [0.3, 0.4) is 0 Å². The maximum Gasteiger partial charge on any atom is 0.125 e. The van der Waals surface area contributed by atoms with E-state index in [1.165, 1.54) is 0 Å². The quantitative estimate of drug-likeness (QED) is 0.630. The molecule has 0 spiro atoms. The zero-order valence-electron chi connectivity index (χ0n) is 7.98. The van der Waals surface area contributed by atoms with Crippen molar-refractivity contribution in [3.8, 4) is 0 Å². The first-order valence-electron chi connectivity index (χ1n) is 3.99. The van der Waals surface area contributed by atoms with E-state index in [4.69, 9.17) is 5.73 Å². The van der Waals surface area contributed by atoms with Gasteiger partial charge in [-0.3, -0.25) is 0 Å². The lowest BCUT2D eigenvalue weighted by Gasteiger charge is -2.29. The van der Waals surface area contributed by atoms with Crippen LogP contribution in [0.15, 0.2) is 0 Å². The minimum atomic E-state index is -0.233. The lowest BCUT2D eigenvalue weighted by atomic mass is 9.76. The van der Waals surface area contributed by atoms with Gasteiger partial charge in [0.05, 0.1) is 0 Å². The van der Waals surface area contributed by atoms with Crippen molar-refractivity contribution >= 4 is 6.29 Å². The largest absolute Gasteiger partial charge is 0.330 e. The van der Waals surface area contributed by atoms with Gasteiger partial charge in [-0.15, -0.1) is 0 Å². The van der Waals surface area contributed by atoms with Crippen LogP contribution in [0, 0.1) is 10.8 Å². The molecule has 0 rings (SSSR count). The number of nitrogens with two attached hydrogens (primary N) is 1. The van der Waals surface area contributed by atoms with Crippen molar-refractivity contribution in [3.63, 3.8) is 0 Å². The molecule has 2 heteroatoms. The third-order valence-electron chi connectivity index (χ3n) is 1.81. The Bertz CT molecular complexity index is 138. The second kappa shape index (κ2) is 3.35. The molecule has 0 heterocycles. The molecular formula is C9H19NO. The summed E-state index contributed by atoms with van der Waals surface area (Å²) in [6, 6.07) is 0. The number of aldehydes is 1. The summed E-state index contributed by atoms with van der Waals surface area (Å²) in [6.07, 6.45) is 1.85. The van der Waals surface area contributed by atoms with Crippen molar-refractivity contribution in [2.45, 2.75) is 34.1 Å². The van der Waals surface area contributed by atoms with E-state index < -0.39 is 0 Å². The molecule has 0 aromatic rings. The van der Waals surface area contributed by atoms with Gasteiger partial charge in [-0.1, -0.05) is 27.7 Å². The van der Waals surface area contributed by atoms with Crippen LogP contribution in [-0.2, 0) is 4.79 Å². The third-order valence-corrected chi connectivity index (χ3v) is 1.81. The normalized spacial score (nSPS) is 13.2. The van der Waals surface area contributed by atoms with Crippen LogP contribution in [0.1, 0.15) is 34.1 Å².